The monoisotopic (exact) mass is 414 g/mol. The zero-order valence-electron chi connectivity index (χ0n) is 19.9. The standard InChI is InChI=1S/C13H18O2.C11H14O2.C2H6/c1-5-6-10(2)11-7-8-12(14-3)13(9-11)15-4;1-4-9-5-6-10(13-3)7-11(9)8(2)12;1-2/h7-9H,2,5-6H2,1,3-4H3;5-7H,4H2,1-3H3;1-2H3. The molecule has 0 heterocycles. The number of benzene rings is 2. The molecule has 30 heavy (non-hydrogen) atoms. The van der Waals surface area contributed by atoms with E-state index in [0.29, 0.717) is 0 Å². The molecule has 0 saturated carbocycles. The summed E-state index contributed by atoms with van der Waals surface area (Å²) < 4.78 is 15.5. The number of hydrogen-bond donors (Lipinski definition) is 0. The average molecular weight is 415 g/mol. The van der Waals surface area contributed by atoms with Gasteiger partial charge in [0, 0.05) is 5.56 Å². The molecule has 0 spiro atoms. The van der Waals surface area contributed by atoms with Gasteiger partial charge < -0.3 is 14.2 Å². The second-order valence-electron chi connectivity index (χ2n) is 6.36. The Labute approximate surface area is 182 Å². The van der Waals surface area contributed by atoms with Gasteiger partial charge in [0.05, 0.1) is 21.3 Å². The molecule has 0 saturated heterocycles. The van der Waals surface area contributed by atoms with E-state index in [1.165, 1.54) is 0 Å². The number of rotatable bonds is 8. The molecular formula is C26H38O4. The van der Waals surface area contributed by atoms with E-state index in [4.69, 9.17) is 14.2 Å². The zero-order chi connectivity index (χ0) is 23.1. The van der Waals surface area contributed by atoms with Crippen molar-refractivity contribution in [1.82, 2.24) is 0 Å². The lowest BCUT2D eigenvalue weighted by atomic mass is 10.0. The van der Waals surface area contributed by atoms with Gasteiger partial charge in [0.25, 0.3) is 0 Å². The fraction of sp³-hybridized carbons (Fsp3) is 0.423. The van der Waals surface area contributed by atoms with Gasteiger partial charge in [-0.05, 0) is 60.7 Å². The molecule has 0 aliphatic rings. The van der Waals surface area contributed by atoms with Crippen molar-refractivity contribution >= 4 is 11.4 Å². The number of methoxy groups -OCH3 is 3. The Morgan fingerprint density at radius 1 is 0.900 bits per heavy atom. The summed E-state index contributed by atoms with van der Waals surface area (Å²) in [5, 5.41) is 0. The zero-order valence-corrected chi connectivity index (χ0v) is 19.9. The lowest BCUT2D eigenvalue weighted by Crippen LogP contribution is -1.99. The van der Waals surface area contributed by atoms with Crippen molar-refractivity contribution in [3.05, 3.63) is 59.7 Å². The summed E-state index contributed by atoms with van der Waals surface area (Å²) in [5.41, 5.74) is 4.10. The number of carbonyl (C=O) groups is 1. The maximum Gasteiger partial charge on any atom is 0.161 e. The highest BCUT2D eigenvalue weighted by Gasteiger charge is 2.07. The van der Waals surface area contributed by atoms with Crippen LogP contribution < -0.4 is 14.2 Å². The predicted molar refractivity (Wildman–Crippen MR) is 127 cm³/mol. The first-order valence-corrected chi connectivity index (χ1v) is 10.5. The van der Waals surface area contributed by atoms with Crippen LogP contribution in [0, 0.1) is 0 Å². The summed E-state index contributed by atoms with van der Waals surface area (Å²) in [6.45, 7) is 13.8. The molecular weight excluding hydrogens is 376 g/mol. The van der Waals surface area contributed by atoms with E-state index in [2.05, 4.69) is 13.5 Å². The van der Waals surface area contributed by atoms with Crippen molar-refractivity contribution in [2.45, 2.75) is 53.9 Å². The van der Waals surface area contributed by atoms with Crippen molar-refractivity contribution in [1.29, 1.82) is 0 Å². The van der Waals surface area contributed by atoms with Gasteiger partial charge in [0.2, 0.25) is 0 Å². The van der Waals surface area contributed by atoms with Crippen molar-refractivity contribution < 1.29 is 19.0 Å². The molecule has 2 aromatic carbocycles. The molecule has 0 aliphatic heterocycles. The Hall–Kier alpha value is -2.75. The second-order valence-corrected chi connectivity index (χ2v) is 6.36. The van der Waals surface area contributed by atoms with Crippen molar-refractivity contribution in [2.24, 2.45) is 0 Å². The molecule has 0 unspecified atom stereocenters. The van der Waals surface area contributed by atoms with Crippen LogP contribution in [-0.2, 0) is 6.42 Å². The SMILES string of the molecule is C=C(CCC)c1ccc(OC)c(OC)c1.CC.CCc1ccc(OC)cc1C(C)=O. The molecule has 0 radical (unpaired) electrons. The number of hydrogen-bond acceptors (Lipinski definition) is 4. The van der Waals surface area contributed by atoms with E-state index in [1.807, 2.05) is 51.1 Å². The van der Waals surface area contributed by atoms with E-state index < -0.39 is 0 Å². The van der Waals surface area contributed by atoms with Crippen LogP contribution in [0.3, 0.4) is 0 Å². The first kappa shape index (κ1) is 27.2. The number of ether oxygens (including phenoxy) is 3. The summed E-state index contributed by atoms with van der Waals surface area (Å²) in [7, 11) is 4.88. The van der Waals surface area contributed by atoms with Crippen LogP contribution in [0.1, 0.15) is 68.9 Å². The molecule has 0 aliphatic carbocycles. The molecule has 4 heteroatoms. The van der Waals surface area contributed by atoms with Crippen LogP contribution in [0.5, 0.6) is 17.2 Å². The largest absolute Gasteiger partial charge is 0.497 e. The third kappa shape index (κ3) is 8.32. The average Bonchev–Trinajstić information content (AvgIpc) is 2.79. The van der Waals surface area contributed by atoms with Crippen LogP contribution >= 0.6 is 0 Å². The van der Waals surface area contributed by atoms with Crippen LogP contribution in [0.15, 0.2) is 43.0 Å². The Balaban J connectivity index is 0.000000522. The topological polar surface area (TPSA) is 44.8 Å². The lowest BCUT2D eigenvalue weighted by Gasteiger charge is -2.10. The predicted octanol–water partition coefficient (Wildman–Crippen LogP) is 7.00. The Morgan fingerprint density at radius 2 is 1.53 bits per heavy atom. The maximum atomic E-state index is 11.2. The van der Waals surface area contributed by atoms with Gasteiger partial charge in [0.1, 0.15) is 5.75 Å². The normalized spacial score (nSPS) is 9.33. The Morgan fingerprint density at radius 3 is 2.00 bits per heavy atom. The van der Waals surface area contributed by atoms with E-state index in [9.17, 15) is 4.79 Å². The Bertz CT molecular complexity index is 794. The van der Waals surface area contributed by atoms with Gasteiger partial charge in [-0.15, -0.1) is 0 Å². The summed E-state index contributed by atoms with van der Waals surface area (Å²) in [4.78, 5) is 11.2. The molecule has 0 aromatic heterocycles. The molecule has 0 atom stereocenters. The lowest BCUT2D eigenvalue weighted by molar-refractivity contribution is 0.101. The molecule has 166 valence electrons. The third-order valence-electron chi connectivity index (χ3n) is 4.42. The van der Waals surface area contributed by atoms with Gasteiger partial charge >= 0.3 is 0 Å². The maximum absolute atomic E-state index is 11.2. The number of ketones is 1. The van der Waals surface area contributed by atoms with Crippen LogP contribution in [0.2, 0.25) is 0 Å². The number of allylic oxidation sites excluding steroid dienone is 1. The first-order valence-electron chi connectivity index (χ1n) is 10.5. The van der Waals surface area contributed by atoms with Crippen molar-refractivity contribution in [3.8, 4) is 17.2 Å². The Kier molecular flexibility index (Phi) is 13.8. The highest BCUT2D eigenvalue weighted by Crippen LogP contribution is 2.31. The highest BCUT2D eigenvalue weighted by molar-refractivity contribution is 5.96. The fourth-order valence-electron chi connectivity index (χ4n) is 2.82. The van der Waals surface area contributed by atoms with Crippen LogP contribution in [0.25, 0.3) is 5.57 Å². The van der Waals surface area contributed by atoms with E-state index in [1.54, 1.807) is 34.3 Å². The van der Waals surface area contributed by atoms with Gasteiger partial charge in [-0.3, -0.25) is 4.79 Å². The molecule has 2 aromatic rings. The summed E-state index contributed by atoms with van der Waals surface area (Å²) >= 11 is 0. The van der Waals surface area contributed by atoms with Crippen molar-refractivity contribution in [2.75, 3.05) is 21.3 Å². The molecule has 0 fully saturated rings. The van der Waals surface area contributed by atoms with Crippen LogP contribution in [0.4, 0.5) is 0 Å². The molecule has 0 amide bonds. The second kappa shape index (κ2) is 15.1. The summed E-state index contributed by atoms with van der Waals surface area (Å²) in [5.74, 6) is 2.34. The van der Waals surface area contributed by atoms with Gasteiger partial charge in [-0.25, -0.2) is 0 Å². The van der Waals surface area contributed by atoms with Gasteiger partial charge in [0.15, 0.2) is 17.3 Å². The minimum Gasteiger partial charge on any atom is -0.497 e. The number of carbonyl (C=O) groups excluding carboxylic acids is 1. The van der Waals surface area contributed by atoms with E-state index in [-0.39, 0.29) is 5.78 Å². The third-order valence-corrected chi connectivity index (χ3v) is 4.42. The molecule has 4 nitrogen and oxygen atoms in total. The number of Topliss-reactive ketones (excluding diaryl/α,β-unsaturated/α-hetero) is 1. The van der Waals surface area contributed by atoms with Crippen LogP contribution in [-0.4, -0.2) is 27.1 Å². The molecule has 0 N–H and O–H groups in total. The first-order chi connectivity index (χ1) is 14.4. The fourth-order valence-corrected chi connectivity index (χ4v) is 2.82. The minimum atomic E-state index is 0.0933. The van der Waals surface area contributed by atoms with Crippen molar-refractivity contribution in [3.63, 3.8) is 0 Å². The summed E-state index contributed by atoms with van der Waals surface area (Å²) in [6, 6.07) is 11.5. The smallest absolute Gasteiger partial charge is 0.161 e. The van der Waals surface area contributed by atoms with E-state index >= 15 is 0 Å². The highest BCUT2D eigenvalue weighted by atomic mass is 16.5. The van der Waals surface area contributed by atoms with E-state index in [0.717, 1.165) is 58.8 Å². The molecule has 2 rings (SSSR count). The number of aryl methyl sites for hydroxylation is 1. The minimum absolute atomic E-state index is 0.0933. The van der Waals surface area contributed by atoms with Gasteiger partial charge in [-0.1, -0.05) is 52.8 Å². The quantitative estimate of drug-likeness (QED) is 0.436. The van der Waals surface area contributed by atoms with Gasteiger partial charge in [-0.2, -0.15) is 0 Å². The summed E-state index contributed by atoms with van der Waals surface area (Å²) in [6.07, 6.45) is 2.99. The molecule has 0 bridgehead atoms.